The SMILES string of the molecule is CC(C)c1nc(Br)cc(OC/C=C/c2ccccc2)n1. The molecule has 104 valence electrons. The summed E-state index contributed by atoms with van der Waals surface area (Å²) < 4.78 is 6.38. The van der Waals surface area contributed by atoms with Crippen molar-refractivity contribution in [3.63, 3.8) is 0 Å². The Labute approximate surface area is 127 Å². The van der Waals surface area contributed by atoms with Crippen molar-refractivity contribution >= 4 is 22.0 Å². The lowest BCUT2D eigenvalue weighted by Gasteiger charge is -2.07. The molecule has 0 aliphatic carbocycles. The normalized spacial score (nSPS) is 11.2. The molecule has 0 aliphatic heterocycles. The minimum atomic E-state index is 0.273. The zero-order chi connectivity index (χ0) is 14.4. The summed E-state index contributed by atoms with van der Waals surface area (Å²) in [5.41, 5.74) is 1.16. The smallest absolute Gasteiger partial charge is 0.218 e. The lowest BCUT2D eigenvalue weighted by molar-refractivity contribution is 0.345. The Hall–Kier alpha value is -1.68. The number of benzene rings is 1. The third-order valence-corrected chi connectivity index (χ3v) is 3.05. The van der Waals surface area contributed by atoms with Crippen LogP contribution in [0.1, 0.15) is 31.2 Å². The Balaban J connectivity index is 1.96. The van der Waals surface area contributed by atoms with Crippen molar-refractivity contribution in [2.75, 3.05) is 6.61 Å². The second-order valence-corrected chi connectivity index (χ2v) is 5.48. The first-order valence-electron chi connectivity index (χ1n) is 6.54. The average Bonchev–Trinajstić information content (AvgIpc) is 2.44. The van der Waals surface area contributed by atoms with Crippen LogP contribution in [-0.2, 0) is 0 Å². The topological polar surface area (TPSA) is 35.0 Å². The van der Waals surface area contributed by atoms with Crippen LogP contribution in [0.25, 0.3) is 6.08 Å². The number of rotatable bonds is 5. The van der Waals surface area contributed by atoms with Crippen LogP contribution in [-0.4, -0.2) is 16.6 Å². The van der Waals surface area contributed by atoms with Crippen LogP contribution in [0.2, 0.25) is 0 Å². The summed E-state index contributed by atoms with van der Waals surface area (Å²) in [5, 5.41) is 0. The van der Waals surface area contributed by atoms with Gasteiger partial charge in [-0.05, 0) is 27.6 Å². The van der Waals surface area contributed by atoms with Crippen LogP contribution in [0.15, 0.2) is 47.1 Å². The van der Waals surface area contributed by atoms with Gasteiger partial charge in [0.15, 0.2) is 0 Å². The van der Waals surface area contributed by atoms with E-state index in [9.17, 15) is 0 Å². The highest BCUT2D eigenvalue weighted by molar-refractivity contribution is 9.10. The van der Waals surface area contributed by atoms with Crippen molar-refractivity contribution in [2.45, 2.75) is 19.8 Å². The first-order chi connectivity index (χ1) is 9.65. The van der Waals surface area contributed by atoms with E-state index >= 15 is 0 Å². The van der Waals surface area contributed by atoms with Gasteiger partial charge < -0.3 is 4.74 Å². The molecule has 2 aromatic rings. The van der Waals surface area contributed by atoms with E-state index < -0.39 is 0 Å². The molecule has 0 atom stereocenters. The third kappa shape index (κ3) is 4.46. The molecule has 0 aliphatic rings. The van der Waals surface area contributed by atoms with Gasteiger partial charge in [-0.25, -0.2) is 4.98 Å². The fourth-order valence-corrected chi connectivity index (χ4v) is 2.01. The van der Waals surface area contributed by atoms with E-state index in [0.29, 0.717) is 12.5 Å². The highest BCUT2D eigenvalue weighted by Gasteiger charge is 2.07. The maximum Gasteiger partial charge on any atom is 0.218 e. The van der Waals surface area contributed by atoms with Crippen LogP contribution in [0, 0.1) is 0 Å². The number of halogens is 1. The molecule has 3 nitrogen and oxygen atoms in total. The van der Waals surface area contributed by atoms with Gasteiger partial charge in [0.05, 0.1) is 0 Å². The van der Waals surface area contributed by atoms with Crippen LogP contribution < -0.4 is 4.74 Å². The summed E-state index contributed by atoms with van der Waals surface area (Å²) in [4.78, 5) is 8.70. The molecule has 0 spiro atoms. The largest absolute Gasteiger partial charge is 0.473 e. The van der Waals surface area contributed by atoms with Crippen LogP contribution in [0.4, 0.5) is 0 Å². The third-order valence-electron chi connectivity index (χ3n) is 2.64. The van der Waals surface area contributed by atoms with E-state index in [1.165, 1.54) is 0 Å². The second kappa shape index (κ2) is 7.20. The molecule has 0 bridgehead atoms. The van der Waals surface area contributed by atoms with Crippen LogP contribution in [0.5, 0.6) is 5.88 Å². The number of ether oxygens (including phenoxy) is 1. The fraction of sp³-hybridized carbons (Fsp3) is 0.250. The maximum atomic E-state index is 5.63. The summed E-state index contributed by atoms with van der Waals surface area (Å²) in [7, 11) is 0. The quantitative estimate of drug-likeness (QED) is 0.758. The molecule has 2 rings (SSSR count). The molecule has 0 fully saturated rings. The number of hydrogen-bond acceptors (Lipinski definition) is 3. The average molecular weight is 333 g/mol. The van der Waals surface area contributed by atoms with Gasteiger partial charge in [-0.2, -0.15) is 4.98 Å². The minimum Gasteiger partial charge on any atom is -0.473 e. The van der Waals surface area contributed by atoms with Crippen molar-refractivity contribution in [2.24, 2.45) is 0 Å². The lowest BCUT2D eigenvalue weighted by Crippen LogP contribution is -2.02. The first kappa shape index (κ1) is 14.7. The van der Waals surface area contributed by atoms with E-state index in [4.69, 9.17) is 4.74 Å². The molecule has 0 saturated carbocycles. The highest BCUT2D eigenvalue weighted by Crippen LogP contribution is 2.18. The van der Waals surface area contributed by atoms with Crippen molar-refractivity contribution < 1.29 is 4.74 Å². The van der Waals surface area contributed by atoms with E-state index in [1.807, 2.05) is 30.4 Å². The Kier molecular flexibility index (Phi) is 5.30. The standard InChI is InChI=1S/C16H17BrN2O/c1-12(2)16-18-14(17)11-15(19-16)20-10-6-9-13-7-4-3-5-8-13/h3-9,11-12H,10H2,1-2H3/b9-6+. The molecule has 1 aromatic heterocycles. The zero-order valence-corrected chi connectivity index (χ0v) is 13.2. The summed E-state index contributed by atoms with van der Waals surface area (Å²) in [6, 6.07) is 11.9. The summed E-state index contributed by atoms with van der Waals surface area (Å²) in [5.74, 6) is 1.64. The van der Waals surface area contributed by atoms with E-state index in [2.05, 4.69) is 51.9 Å². The Bertz CT molecular complexity index is 582. The van der Waals surface area contributed by atoms with Crippen molar-refractivity contribution in [1.29, 1.82) is 0 Å². The molecule has 0 unspecified atom stereocenters. The molecule has 1 aromatic carbocycles. The highest BCUT2D eigenvalue weighted by atomic mass is 79.9. The summed E-state index contributed by atoms with van der Waals surface area (Å²) in [6.45, 7) is 4.59. The van der Waals surface area contributed by atoms with Crippen molar-refractivity contribution in [1.82, 2.24) is 9.97 Å². The number of nitrogens with zero attached hydrogens (tertiary/aromatic N) is 2. The van der Waals surface area contributed by atoms with Crippen molar-refractivity contribution in [3.05, 3.63) is 58.5 Å². The summed E-state index contributed by atoms with van der Waals surface area (Å²) >= 11 is 3.38. The number of aromatic nitrogens is 2. The van der Waals surface area contributed by atoms with E-state index in [1.54, 1.807) is 6.07 Å². The van der Waals surface area contributed by atoms with E-state index in [-0.39, 0.29) is 5.92 Å². The van der Waals surface area contributed by atoms with Gasteiger partial charge in [-0.3, -0.25) is 0 Å². The Morgan fingerprint density at radius 3 is 2.65 bits per heavy atom. The monoisotopic (exact) mass is 332 g/mol. The fourth-order valence-electron chi connectivity index (χ4n) is 1.63. The van der Waals surface area contributed by atoms with Crippen LogP contribution in [0.3, 0.4) is 0 Å². The molecular formula is C16H17BrN2O. The maximum absolute atomic E-state index is 5.63. The molecule has 4 heteroatoms. The molecular weight excluding hydrogens is 316 g/mol. The number of hydrogen-bond donors (Lipinski definition) is 0. The van der Waals surface area contributed by atoms with Gasteiger partial charge in [0.25, 0.3) is 0 Å². The lowest BCUT2D eigenvalue weighted by atomic mass is 10.2. The van der Waals surface area contributed by atoms with Gasteiger partial charge in [-0.15, -0.1) is 0 Å². The van der Waals surface area contributed by atoms with Gasteiger partial charge in [-0.1, -0.05) is 50.3 Å². The minimum absolute atomic E-state index is 0.273. The first-order valence-corrected chi connectivity index (χ1v) is 7.33. The Morgan fingerprint density at radius 2 is 1.95 bits per heavy atom. The molecule has 0 saturated heterocycles. The van der Waals surface area contributed by atoms with Crippen LogP contribution >= 0.6 is 15.9 Å². The van der Waals surface area contributed by atoms with E-state index in [0.717, 1.165) is 16.0 Å². The molecule has 0 N–H and O–H groups in total. The second-order valence-electron chi connectivity index (χ2n) is 4.67. The van der Waals surface area contributed by atoms with Gasteiger partial charge in [0, 0.05) is 12.0 Å². The molecule has 1 heterocycles. The van der Waals surface area contributed by atoms with Gasteiger partial charge in [0.2, 0.25) is 5.88 Å². The predicted molar refractivity (Wildman–Crippen MR) is 84.8 cm³/mol. The summed E-state index contributed by atoms with van der Waals surface area (Å²) in [6.07, 6.45) is 4.00. The van der Waals surface area contributed by atoms with Gasteiger partial charge >= 0.3 is 0 Å². The van der Waals surface area contributed by atoms with Gasteiger partial charge in [0.1, 0.15) is 17.0 Å². The molecule has 0 radical (unpaired) electrons. The van der Waals surface area contributed by atoms with Crippen molar-refractivity contribution in [3.8, 4) is 5.88 Å². The predicted octanol–water partition coefficient (Wildman–Crippen LogP) is 4.45. The Morgan fingerprint density at radius 1 is 1.20 bits per heavy atom. The molecule has 20 heavy (non-hydrogen) atoms. The zero-order valence-electron chi connectivity index (χ0n) is 11.6. The molecule has 0 amide bonds.